The molecule has 0 spiro atoms. The highest BCUT2D eigenvalue weighted by Crippen LogP contribution is 2.29. The Morgan fingerprint density at radius 2 is 1.66 bits per heavy atom. The summed E-state index contributed by atoms with van der Waals surface area (Å²) in [6, 6.07) is 25.1. The molecule has 0 fully saturated rings. The van der Waals surface area contributed by atoms with E-state index in [0.29, 0.717) is 23.3 Å². The molecule has 174 valence electrons. The van der Waals surface area contributed by atoms with Gasteiger partial charge in [0.05, 0.1) is 12.8 Å². The average molecular weight is 483 g/mol. The largest absolute Gasteiger partial charge is 0.497 e. The summed E-state index contributed by atoms with van der Waals surface area (Å²) in [6.45, 7) is 0.490. The molecular formula is C27H22N4O3S. The van der Waals surface area contributed by atoms with Gasteiger partial charge in [-0.25, -0.2) is 9.97 Å². The van der Waals surface area contributed by atoms with Gasteiger partial charge in [0, 0.05) is 22.7 Å². The lowest BCUT2D eigenvalue weighted by atomic mass is 10.1. The molecule has 5 aromatic rings. The Balaban J connectivity index is 1.42. The minimum atomic E-state index is -0.337. The predicted octanol–water partition coefficient (Wildman–Crippen LogP) is 6.04. The number of hydrogen-bond donors (Lipinski definition) is 2. The predicted molar refractivity (Wildman–Crippen MR) is 137 cm³/mol. The van der Waals surface area contributed by atoms with E-state index in [9.17, 15) is 4.79 Å². The third-order valence-corrected chi connectivity index (χ3v) is 6.01. The lowest BCUT2D eigenvalue weighted by molar-refractivity contribution is 0.102. The van der Waals surface area contributed by atoms with E-state index in [1.165, 1.54) is 11.3 Å². The maximum Gasteiger partial charge on any atom is 0.278 e. The molecule has 2 N–H and O–H groups in total. The number of imidazole rings is 1. The van der Waals surface area contributed by atoms with E-state index in [1.807, 2.05) is 78.9 Å². The molecule has 7 nitrogen and oxygen atoms in total. The van der Waals surface area contributed by atoms with Crippen molar-refractivity contribution in [1.82, 2.24) is 15.0 Å². The summed E-state index contributed by atoms with van der Waals surface area (Å²) in [7, 11) is 1.61. The smallest absolute Gasteiger partial charge is 0.278 e. The lowest BCUT2D eigenvalue weighted by Gasteiger charge is -2.06. The van der Waals surface area contributed by atoms with E-state index in [0.717, 1.165) is 28.2 Å². The van der Waals surface area contributed by atoms with Crippen LogP contribution in [0.5, 0.6) is 11.5 Å². The first kappa shape index (κ1) is 22.4. The number of aromatic nitrogens is 3. The molecule has 0 saturated carbocycles. The van der Waals surface area contributed by atoms with E-state index in [4.69, 9.17) is 9.47 Å². The number of carbonyl (C=O) groups excluding carboxylic acids is 1. The minimum Gasteiger partial charge on any atom is -0.497 e. The van der Waals surface area contributed by atoms with Crippen molar-refractivity contribution < 1.29 is 14.3 Å². The molecule has 0 aliphatic carbocycles. The number of benzene rings is 3. The van der Waals surface area contributed by atoms with Crippen LogP contribution < -0.4 is 14.8 Å². The molecule has 5 rings (SSSR count). The van der Waals surface area contributed by atoms with Gasteiger partial charge in [-0.3, -0.25) is 10.1 Å². The van der Waals surface area contributed by atoms with E-state index in [1.54, 1.807) is 18.7 Å². The molecule has 3 aromatic carbocycles. The molecule has 0 aliphatic heterocycles. The monoisotopic (exact) mass is 482 g/mol. The highest BCUT2D eigenvalue weighted by atomic mass is 32.1. The van der Waals surface area contributed by atoms with Crippen LogP contribution in [0.15, 0.2) is 90.4 Å². The van der Waals surface area contributed by atoms with Crippen molar-refractivity contribution in [2.45, 2.75) is 6.61 Å². The Labute approximate surface area is 206 Å². The zero-order chi connectivity index (χ0) is 24.0. The Morgan fingerprint density at radius 3 is 2.34 bits per heavy atom. The second-order valence-electron chi connectivity index (χ2n) is 7.63. The van der Waals surface area contributed by atoms with Gasteiger partial charge in [-0.2, -0.15) is 0 Å². The Bertz CT molecular complexity index is 1400. The first-order chi connectivity index (χ1) is 17.2. The van der Waals surface area contributed by atoms with Crippen LogP contribution in [0.3, 0.4) is 0 Å². The van der Waals surface area contributed by atoms with Crippen LogP contribution in [0.1, 0.15) is 16.1 Å². The van der Waals surface area contributed by atoms with Gasteiger partial charge < -0.3 is 14.5 Å². The van der Waals surface area contributed by atoms with Crippen molar-refractivity contribution in [2.75, 3.05) is 12.4 Å². The first-order valence-corrected chi connectivity index (χ1v) is 11.8. The maximum absolute atomic E-state index is 13.1. The molecule has 0 atom stereocenters. The number of amides is 1. The summed E-state index contributed by atoms with van der Waals surface area (Å²) in [5.74, 6) is 1.72. The van der Waals surface area contributed by atoms with Gasteiger partial charge in [-0.05, 0) is 54.1 Å². The molecule has 2 heterocycles. The van der Waals surface area contributed by atoms with E-state index in [2.05, 4.69) is 20.3 Å². The maximum atomic E-state index is 13.1. The number of rotatable bonds is 8. The quantitative estimate of drug-likeness (QED) is 0.281. The third kappa shape index (κ3) is 5.23. The minimum absolute atomic E-state index is 0.282. The van der Waals surface area contributed by atoms with Gasteiger partial charge in [0.2, 0.25) is 0 Å². The summed E-state index contributed by atoms with van der Waals surface area (Å²) in [5.41, 5.74) is 3.64. The van der Waals surface area contributed by atoms with Crippen LogP contribution in [-0.2, 0) is 6.61 Å². The van der Waals surface area contributed by atoms with Crippen molar-refractivity contribution in [2.24, 2.45) is 0 Å². The highest BCUT2D eigenvalue weighted by molar-refractivity contribution is 7.13. The summed E-state index contributed by atoms with van der Waals surface area (Å²) in [6.07, 6.45) is 1.64. The van der Waals surface area contributed by atoms with Crippen molar-refractivity contribution in [3.05, 3.63) is 102 Å². The molecule has 8 heteroatoms. The van der Waals surface area contributed by atoms with Gasteiger partial charge in [0.1, 0.15) is 23.9 Å². The van der Waals surface area contributed by atoms with Crippen LogP contribution in [0.25, 0.3) is 22.6 Å². The van der Waals surface area contributed by atoms with Crippen molar-refractivity contribution >= 4 is 22.4 Å². The molecule has 0 unspecified atom stereocenters. The third-order valence-electron chi connectivity index (χ3n) is 5.33. The number of anilines is 1. The number of ether oxygens (including phenoxy) is 2. The normalized spacial score (nSPS) is 10.7. The number of carbonyl (C=O) groups is 1. The van der Waals surface area contributed by atoms with Gasteiger partial charge in [0.15, 0.2) is 10.8 Å². The van der Waals surface area contributed by atoms with Crippen LogP contribution in [0.4, 0.5) is 5.13 Å². The summed E-state index contributed by atoms with van der Waals surface area (Å²) in [5, 5.41) is 5.14. The zero-order valence-electron chi connectivity index (χ0n) is 18.9. The average Bonchev–Trinajstić information content (AvgIpc) is 3.59. The zero-order valence-corrected chi connectivity index (χ0v) is 19.7. The van der Waals surface area contributed by atoms with Crippen molar-refractivity contribution in [1.29, 1.82) is 0 Å². The van der Waals surface area contributed by atoms with Crippen LogP contribution >= 0.6 is 11.3 Å². The van der Waals surface area contributed by atoms with Crippen molar-refractivity contribution in [3.63, 3.8) is 0 Å². The van der Waals surface area contributed by atoms with Gasteiger partial charge in [-0.1, -0.05) is 30.3 Å². The van der Waals surface area contributed by atoms with Crippen LogP contribution in [-0.4, -0.2) is 28.0 Å². The SMILES string of the molecule is COc1ccc(-c2[nH]c(-c3ccc(OCc4ccccc4)cc3)nc2C(=O)Nc2nccs2)cc1. The summed E-state index contributed by atoms with van der Waals surface area (Å²) >= 11 is 1.35. The van der Waals surface area contributed by atoms with Crippen LogP contribution in [0.2, 0.25) is 0 Å². The summed E-state index contributed by atoms with van der Waals surface area (Å²) < 4.78 is 11.2. The Kier molecular flexibility index (Phi) is 6.54. The molecule has 0 radical (unpaired) electrons. The molecule has 2 aromatic heterocycles. The summed E-state index contributed by atoms with van der Waals surface area (Å²) in [4.78, 5) is 25.2. The van der Waals surface area contributed by atoms with Gasteiger partial charge >= 0.3 is 0 Å². The fraction of sp³-hybridized carbons (Fsp3) is 0.0741. The second kappa shape index (κ2) is 10.2. The van der Waals surface area contributed by atoms with E-state index < -0.39 is 0 Å². The number of nitrogens with zero attached hydrogens (tertiary/aromatic N) is 2. The van der Waals surface area contributed by atoms with Gasteiger partial charge in [-0.15, -0.1) is 11.3 Å². The molecule has 35 heavy (non-hydrogen) atoms. The molecule has 0 bridgehead atoms. The number of hydrogen-bond acceptors (Lipinski definition) is 6. The number of thiazole rings is 1. The van der Waals surface area contributed by atoms with E-state index >= 15 is 0 Å². The van der Waals surface area contributed by atoms with Crippen LogP contribution in [0, 0.1) is 0 Å². The number of nitrogens with one attached hydrogen (secondary N) is 2. The lowest BCUT2D eigenvalue weighted by Crippen LogP contribution is -2.13. The molecule has 0 aliphatic rings. The van der Waals surface area contributed by atoms with Gasteiger partial charge in [0.25, 0.3) is 5.91 Å². The highest BCUT2D eigenvalue weighted by Gasteiger charge is 2.21. The molecule has 1 amide bonds. The topological polar surface area (TPSA) is 89.1 Å². The van der Waals surface area contributed by atoms with E-state index in [-0.39, 0.29) is 11.6 Å². The molecule has 0 saturated heterocycles. The Hall–Kier alpha value is -4.43. The molecular weight excluding hydrogens is 460 g/mol. The fourth-order valence-electron chi connectivity index (χ4n) is 3.53. The fourth-order valence-corrected chi connectivity index (χ4v) is 4.06. The number of aromatic amines is 1. The van der Waals surface area contributed by atoms with Crippen molar-refractivity contribution in [3.8, 4) is 34.1 Å². The Morgan fingerprint density at radius 1 is 0.943 bits per heavy atom. The number of H-pyrrole nitrogens is 1. The second-order valence-corrected chi connectivity index (χ2v) is 8.52. The standard InChI is InChI=1S/C27H22N4O3S/c1-33-21-11-7-19(8-12-21)23-24(26(32)31-27-28-15-16-35-27)30-25(29-23)20-9-13-22(14-10-20)34-17-18-5-3-2-4-6-18/h2-16H,17H2,1H3,(H,29,30)(H,28,31,32). The first-order valence-electron chi connectivity index (χ1n) is 10.9. The number of methoxy groups -OCH3 is 1.